The normalized spacial score (nSPS) is 17.8. The molecule has 0 bridgehead atoms. The molecule has 2 rings (SSSR count). The number of nitro benzene ring substituents is 1. The molecule has 1 saturated heterocycles. The highest BCUT2D eigenvalue weighted by Crippen LogP contribution is 2.30. The summed E-state index contributed by atoms with van der Waals surface area (Å²) in [7, 11) is -4.86. The molecular formula is C11H15N3O5S2. The topological polar surface area (TPSA) is 124 Å². The van der Waals surface area contributed by atoms with E-state index >= 15 is 0 Å². The maximum atomic E-state index is 12.6. The Balaban J connectivity index is 2.47. The van der Waals surface area contributed by atoms with Gasteiger partial charge in [0.15, 0.2) is 0 Å². The van der Waals surface area contributed by atoms with E-state index < -0.39 is 31.4 Å². The third kappa shape index (κ3) is 3.06. The zero-order valence-electron chi connectivity index (χ0n) is 11.3. The fraction of sp³-hybridized carbons (Fsp3) is 0.455. The Hall–Kier alpha value is -1.52. The number of hydrogen-bond acceptors (Lipinski definition) is 6. The lowest BCUT2D eigenvalue weighted by molar-refractivity contribution is -0.384. The molecule has 2 N–H and O–H groups in total. The van der Waals surface area contributed by atoms with Gasteiger partial charge in [0.1, 0.15) is 5.69 Å². The zero-order valence-corrected chi connectivity index (χ0v) is 12.9. The third-order valence-corrected chi connectivity index (χ3v) is 6.59. The second kappa shape index (κ2) is 5.70. The Kier molecular flexibility index (Phi) is 4.30. The molecule has 1 fully saturated rings. The number of benzene rings is 1. The summed E-state index contributed by atoms with van der Waals surface area (Å²) < 4.78 is 37.6. The molecule has 116 valence electrons. The van der Waals surface area contributed by atoms with Gasteiger partial charge in [-0.25, -0.2) is 8.42 Å². The van der Waals surface area contributed by atoms with Gasteiger partial charge in [-0.3, -0.25) is 14.3 Å². The van der Waals surface area contributed by atoms with Crippen molar-refractivity contribution < 1.29 is 17.6 Å². The molecule has 21 heavy (non-hydrogen) atoms. The average molecular weight is 333 g/mol. The molecule has 0 aliphatic carbocycles. The van der Waals surface area contributed by atoms with Gasteiger partial charge < -0.3 is 5.73 Å². The van der Waals surface area contributed by atoms with Crippen LogP contribution in [-0.2, 0) is 20.8 Å². The molecule has 1 aromatic carbocycles. The Bertz CT molecular complexity index is 707. The summed E-state index contributed by atoms with van der Waals surface area (Å²) in [4.78, 5) is 10.1. The summed E-state index contributed by atoms with van der Waals surface area (Å²) in [5.41, 5.74) is 5.39. The SMILES string of the molecule is Cc1cc(N)c([N+](=O)[O-])cc1S(=O)(=O)N1CCS(=O)CC1. The molecule has 0 radical (unpaired) electrons. The maximum Gasteiger partial charge on any atom is 0.293 e. The quantitative estimate of drug-likeness (QED) is 0.480. The van der Waals surface area contributed by atoms with E-state index in [1.54, 1.807) is 0 Å². The zero-order chi connectivity index (χ0) is 15.8. The van der Waals surface area contributed by atoms with Crippen LogP contribution in [0.3, 0.4) is 0 Å². The van der Waals surface area contributed by atoms with Crippen LogP contribution >= 0.6 is 0 Å². The Morgan fingerprint density at radius 1 is 1.33 bits per heavy atom. The monoisotopic (exact) mass is 333 g/mol. The van der Waals surface area contributed by atoms with Crippen molar-refractivity contribution in [3.8, 4) is 0 Å². The van der Waals surface area contributed by atoms with Crippen molar-refractivity contribution in [3.63, 3.8) is 0 Å². The first-order valence-corrected chi connectivity index (χ1v) is 9.06. The Labute approximate surface area is 124 Å². The first-order chi connectivity index (χ1) is 9.73. The molecule has 0 unspecified atom stereocenters. The summed E-state index contributed by atoms with van der Waals surface area (Å²) in [6, 6.07) is 2.28. The second-order valence-electron chi connectivity index (χ2n) is 4.69. The van der Waals surface area contributed by atoms with Gasteiger partial charge in [0, 0.05) is 41.5 Å². The van der Waals surface area contributed by atoms with E-state index in [0.29, 0.717) is 5.56 Å². The number of nitrogens with zero attached hydrogens (tertiary/aromatic N) is 2. The Morgan fingerprint density at radius 3 is 2.43 bits per heavy atom. The van der Waals surface area contributed by atoms with Gasteiger partial charge in [-0.1, -0.05) is 0 Å². The number of nitrogen functional groups attached to an aromatic ring is 1. The van der Waals surface area contributed by atoms with Crippen molar-refractivity contribution in [3.05, 3.63) is 27.8 Å². The van der Waals surface area contributed by atoms with Gasteiger partial charge in [-0.15, -0.1) is 0 Å². The molecule has 1 aliphatic rings. The lowest BCUT2D eigenvalue weighted by atomic mass is 10.2. The molecule has 1 heterocycles. The first-order valence-electron chi connectivity index (χ1n) is 6.13. The summed E-state index contributed by atoms with van der Waals surface area (Å²) >= 11 is 0. The van der Waals surface area contributed by atoms with Crippen molar-refractivity contribution in [2.24, 2.45) is 0 Å². The van der Waals surface area contributed by atoms with Crippen LogP contribution < -0.4 is 5.73 Å². The maximum absolute atomic E-state index is 12.6. The second-order valence-corrected chi connectivity index (χ2v) is 8.29. The number of nitrogens with two attached hydrogens (primary N) is 1. The molecule has 10 heteroatoms. The van der Waals surface area contributed by atoms with Gasteiger partial charge in [0.05, 0.1) is 9.82 Å². The predicted molar refractivity (Wildman–Crippen MR) is 78.9 cm³/mol. The molecule has 0 amide bonds. The van der Waals surface area contributed by atoms with Crippen molar-refractivity contribution in [1.82, 2.24) is 4.31 Å². The van der Waals surface area contributed by atoms with Crippen LogP contribution in [0.25, 0.3) is 0 Å². The largest absolute Gasteiger partial charge is 0.393 e. The number of hydrogen-bond donors (Lipinski definition) is 1. The van der Waals surface area contributed by atoms with Crippen LogP contribution in [0.15, 0.2) is 17.0 Å². The molecule has 8 nitrogen and oxygen atoms in total. The molecule has 0 spiro atoms. The van der Waals surface area contributed by atoms with E-state index in [1.165, 1.54) is 17.3 Å². The predicted octanol–water partition coefficient (Wildman–Crippen LogP) is 0.238. The molecule has 1 aliphatic heterocycles. The lowest BCUT2D eigenvalue weighted by Crippen LogP contribution is -2.41. The van der Waals surface area contributed by atoms with E-state index in [4.69, 9.17) is 5.73 Å². The summed E-state index contributed by atoms with van der Waals surface area (Å²) in [6.07, 6.45) is 0. The van der Waals surface area contributed by atoms with E-state index in [0.717, 1.165) is 6.07 Å². The molecule has 0 atom stereocenters. The van der Waals surface area contributed by atoms with E-state index in [2.05, 4.69) is 0 Å². The third-order valence-electron chi connectivity index (χ3n) is 3.28. The highest BCUT2D eigenvalue weighted by atomic mass is 32.2. The van der Waals surface area contributed by atoms with Crippen molar-refractivity contribution in [2.45, 2.75) is 11.8 Å². The number of rotatable bonds is 3. The van der Waals surface area contributed by atoms with Crippen molar-refractivity contribution in [1.29, 1.82) is 0 Å². The smallest absolute Gasteiger partial charge is 0.293 e. The number of anilines is 1. The van der Waals surface area contributed by atoms with E-state index in [1.807, 2.05) is 0 Å². The van der Waals surface area contributed by atoms with E-state index in [9.17, 15) is 22.7 Å². The average Bonchev–Trinajstić information content (AvgIpc) is 2.38. The van der Waals surface area contributed by atoms with Gasteiger partial charge in [0.2, 0.25) is 10.0 Å². The Morgan fingerprint density at radius 2 is 1.90 bits per heavy atom. The minimum Gasteiger partial charge on any atom is -0.393 e. The first kappa shape index (κ1) is 15.9. The highest BCUT2D eigenvalue weighted by Gasteiger charge is 2.31. The van der Waals surface area contributed by atoms with Crippen LogP contribution in [0.5, 0.6) is 0 Å². The van der Waals surface area contributed by atoms with Gasteiger partial charge in [-0.05, 0) is 18.6 Å². The molecule has 1 aromatic rings. The standard InChI is InChI=1S/C11H15N3O5S2/c1-8-6-9(12)10(14(15)16)7-11(8)21(18,19)13-2-4-20(17)5-3-13/h6-7H,2-5,12H2,1H3. The van der Waals surface area contributed by atoms with Crippen LogP contribution in [-0.4, -0.2) is 46.5 Å². The molecule has 0 saturated carbocycles. The van der Waals surface area contributed by atoms with Gasteiger partial charge in [0.25, 0.3) is 5.69 Å². The lowest BCUT2D eigenvalue weighted by Gasteiger charge is -2.26. The highest BCUT2D eigenvalue weighted by molar-refractivity contribution is 7.89. The van der Waals surface area contributed by atoms with E-state index in [-0.39, 0.29) is 35.2 Å². The van der Waals surface area contributed by atoms with Gasteiger partial charge in [-0.2, -0.15) is 4.31 Å². The van der Waals surface area contributed by atoms with Crippen LogP contribution in [0.1, 0.15) is 5.56 Å². The number of nitro groups is 1. The summed E-state index contributed by atoms with van der Waals surface area (Å²) in [5.74, 6) is 0.546. The summed E-state index contributed by atoms with van der Waals surface area (Å²) in [6.45, 7) is 1.83. The minimum absolute atomic E-state index is 0.0730. The molecular weight excluding hydrogens is 318 g/mol. The van der Waals surface area contributed by atoms with Crippen molar-refractivity contribution in [2.75, 3.05) is 30.3 Å². The van der Waals surface area contributed by atoms with Crippen LogP contribution in [0.2, 0.25) is 0 Å². The fourth-order valence-electron chi connectivity index (χ4n) is 2.14. The fourth-order valence-corrected chi connectivity index (χ4v) is 5.09. The number of aryl methyl sites for hydroxylation is 1. The van der Waals surface area contributed by atoms with Crippen LogP contribution in [0, 0.1) is 17.0 Å². The van der Waals surface area contributed by atoms with Crippen LogP contribution in [0.4, 0.5) is 11.4 Å². The number of sulfonamides is 1. The minimum atomic E-state index is -3.85. The summed E-state index contributed by atoms with van der Waals surface area (Å²) in [5, 5.41) is 10.9. The molecule has 0 aromatic heterocycles. The van der Waals surface area contributed by atoms with Crippen molar-refractivity contribution >= 4 is 32.2 Å². The van der Waals surface area contributed by atoms with Gasteiger partial charge >= 0.3 is 0 Å².